The lowest BCUT2D eigenvalue weighted by Gasteiger charge is -2.28. The molecule has 20 heavy (non-hydrogen) atoms. The number of aromatic nitrogens is 1. The fraction of sp³-hybridized carbons (Fsp3) is 0.667. The second-order valence-electron chi connectivity index (χ2n) is 5.12. The van der Waals surface area contributed by atoms with Gasteiger partial charge in [0.25, 0.3) is 0 Å². The Hall–Kier alpha value is -1.17. The van der Waals surface area contributed by atoms with E-state index >= 15 is 0 Å². The van der Waals surface area contributed by atoms with Crippen LogP contribution < -0.4 is 16.6 Å². The van der Waals surface area contributed by atoms with Gasteiger partial charge in [0, 0.05) is 44.3 Å². The van der Waals surface area contributed by atoms with Gasteiger partial charge in [-0.15, -0.1) is 0 Å². The van der Waals surface area contributed by atoms with Gasteiger partial charge in [0.15, 0.2) is 0 Å². The Morgan fingerprint density at radius 3 is 1.55 bits per heavy atom. The van der Waals surface area contributed by atoms with E-state index in [2.05, 4.69) is 56.2 Å². The van der Waals surface area contributed by atoms with Crippen LogP contribution in [0.5, 0.6) is 0 Å². The molecule has 0 spiro atoms. The molecular weight excluding hydrogens is 250 g/mol. The van der Waals surface area contributed by atoms with Gasteiger partial charge in [0.1, 0.15) is 0 Å². The fourth-order valence-electron chi connectivity index (χ4n) is 1.97. The van der Waals surface area contributed by atoms with E-state index in [-0.39, 0.29) is 0 Å². The summed E-state index contributed by atoms with van der Waals surface area (Å²) in [4.78, 5) is 8.40. The van der Waals surface area contributed by atoms with Crippen LogP contribution >= 0.6 is 0 Å². The normalized spacial score (nSPS) is 9.80. The Morgan fingerprint density at radius 1 is 1.00 bits per heavy atom. The first-order valence-electron chi connectivity index (χ1n) is 7.06. The van der Waals surface area contributed by atoms with E-state index < -0.39 is 0 Å². The maximum atomic E-state index is 4.00. The number of rotatable bonds is 4. The molecule has 0 amide bonds. The molecule has 0 atom stereocenters. The van der Waals surface area contributed by atoms with Gasteiger partial charge in [-0.1, -0.05) is 6.92 Å². The molecule has 5 nitrogen and oxygen atoms in total. The van der Waals surface area contributed by atoms with E-state index in [4.69, 9.17) is 0 Å². The first-order valence-corrected chi connectivity index (χ1v) is 7.06. The van der Waals surface area contributed by atoms with Crippen LogP contribution in [0.4, 0.5) is 5.69 Å². The van der Waals surface area contributed by atoms with Gasteiger partial charge in [0.2, 0.25) is 0 Å². The molecule has 1 aromatic heterocycles. The van der Waals surface area contributed by atoms with Gasteiger partial charge in [-0.05, 0) is 46.4 Å². The zero-order valence-corrected chi connectivity index (χ0v) is 14.2. The third kappa shape index (κ3) is 9.72. The van der Waals surface area contributed by atoms with Crippen LogP contribution in [0.15, 0.2) is 24.5 Å². The van der Waals surface area contributed by atoms with Crippen LogP contribution in [-0.2, 0) is 0 Å². The number of anilines is 1. The smallest absolute Gasteiger partial charge is 0.0391 e. The molecule has 0 aliphatic heterocycles. The van der Waals surface area contributed by atoms with E-state index in [1.54, 1.807) is 12.4 Å². The average molecular weight is 283 g/mol. The quantitative estimate of drug-likeness (QED) is 0.654. The molecule has 0 saturated carbocycles. The highest BCUT2D eigenvalue weighted by Crippen LogP contribution is 2.05. The van der Waals surface area contributed by atoms with Crippen molar-refractivity contribution in [3.63, 3.8) is 0 Å². The number of pyridine rings is 1. The lowest BCUT2D eigenvalue weighted by molar-refractivity contribution is 0.185. The molecule has 4 N–H and O–H groups in total. The van der Waals surface area contributed by atoms with Crippen LogP contribution in [0.25, 0.3) is 0 Å². The zero-order valence-electron chi connectivity index (χ0n) is 14.2. The number of nitrogens with two attached hydrogens (primary N) is 2. The van der Waals surface area contributed by atoms with Gasteiger partial charge < -0.3 is 4.90 Å². The predicted octanol–water partition coefficient (Wildman–Crippen LogP) is 2.09. The van der Waals surface area contributed by atoms with Crippen molar-refractivity contribution in [3.05, 3.63) is 24.5 Å². The summed E-state index contributed by atoms with van der Waals surface area (Å²) in [5.74, 6) is 8.00. The molecule has 0 bridgehead atoms. The summed E-state index contributed by atoms with van der Waals surface area (Å²) in [6.07, 6.45) is 3.57. The zero-order chi connectivity index (χ0) is 16.1. The summed E-state index contributed by atoms with van der Waals surface area (Å²) in [5.41, 5.74) is 1.19. The Morgan fingerprint density at radius 2 is 1.40 bits per heavy atom. The van der Waals surface area contributed by atoms with Crippen LogP contribution in [0.2, 0.25) is 0 Å². The lowest BCUT2D eigenvalue weighted by atomic mass is 10.2. The molecule has 5 heteroatoms. The molecule has 0 aromatic carbocycles. The highest BCUT2D eigenvalue weighted by atomic mass is 15.2. The molecule has 0 radical (unpaired) electrons. The third-order valence-electron chi connectivity index (χ3n) is 2.87. The van der Waals surface area contributed by atoms with Crippen LogP contribution in [0.3, 0.4) is 0 Å². The topological polar surface area (TPSA) is 71.4 Å². The Kier molecular flexibility index (Phi) is 13.6. The van der Waals surface area contributed by atoms with E-state index in [0.717, 1.165) is 6.54 Å². The van der Waals surface area contributed by atoms with Crippen molar-refractivity contribution >= 4 is 5.69 Å². The molecule has 0 unspecified atom stereocenters. The van der Waals surface area contributed by atoms with Crippen LogP contribution in [0.1, 0.15) is 34.6 Å². The van der Waals surface area contributed by atoms with Gasteiger partial charge in [-0.2, -0.15) is 0 Å². The van der Waals surface area contributed by atoms with Crippen molar-refractivity contribution in [3.8, 4) is 0 Å². The summed E-state index contributed by atoms with van der Waals surface area (Å²) in [5, 5.41) is 0. The van der Waals surface area contributed by atoms with E-state index in [1.165, 1.54) is 5.69 Å². The number of hydrazine groups is 1. The number of hydrogen-bond donors (Lipinski definition) is 2. The average Bonchev–Trinajstić information content (AvgIpc) is 2.42. The van der Waals surface area contributed by atoms with Crippen molar-refractivity contribution < 1.29 is 0 Å². The first kappa shape index (κ1) is 21.1. The monoisotopic (exact) mass is 283 g/mol. The fourth-order valence-corrected chi connectivity index (χ4v) is 1.97. The maximum Gasteiger partial charge on any atom is 0.0391 e. The third-order valence-corrected chi connectivity index (χ3v) is 2.87. The Balaban J connectivity index is 0. The van der Waals surface area contributed by atoms with Crippen molar-refractivity contribution in [2.45, 2.75) is 46.7 Å². The molecular formula is C15H33N5. The van der Waals surface area contributed by atoms with Crippen molar-refractivity contribution in [2.75, 3.05) is 25.5 Å². The summed E-state index contributed by atoms with van der Waals surface area (Å²) >= 11 is 0. The Labute approximate surface area is 124 Å². The lowest BCUT2D eigenvalue weighted by Crippen LogP contribution is -2.36. The predicted molar refractivity (Wildman–Crippen MR) is 89.6 cm³/mol. The van der Waals surface area contributed by atoms with E-state index in [9.17, 15) is 0 Å². The van der Waals surface area contributed by atoms with Crippen LogP contribution in [0, 0.1) is 0 Å². The molecule has 0 aliphatic carbocycles. The number of nitrogens with zero attached hydrogens (tertiary/aromatic N) is 3. The molecule has 0 saturated heterocycles. The van der Waals surface area contributed by atoms with E-state index in [1.807, 2.05) is 31.1 Å². The van der Waals surface area contributed by atoms with E-state index in [0.29, 0.717) is 12.1 Å². The second kappa shape index (κ2) is 12.8. The SMILES string of the molecule is CCN(C(C)C)C(C)C.CN(C)c1ccncc1.NN. The minimum absolute atomic E-state index is 0.690. The van der Waals surface area contributed by atoms with Gasteiger partial charge in [0.05, 0.1) is 0 Å². The largest absolute Gasteiger partial charge is 0.378 e. The molecule has 1 aromatic rings. The summed E-state index contributed by atoms with van der Waals surface area (Å²) in [7, 11) is 4.02. The number of hydrogen-bond acceptors (Lipinski definition) is 5. The second-order valence-corrected chi connectivity index (χ2v) is 5.12. The maximum absolute atomic E-state index is 4.00. The molecule has 1 heterocycles. The van der Waals surface area contributed by atoms with Gasteiger partial charge in [-0.3, -0.25) is 21.6 Å². The van der Waals surface area contributed by atoms with Crippen molar-refractivity contribution in [1.29, 1.82) is 0 Å². The Bertz CT molecular complexity index is 290. The van der Waals surface area contributed by atoms with Gasteiger partial charge >= 0.3 is 0 Å². The molecule has 0 fully saturated rings. The summed E-state index contributed by atoms with van der Waals surface area (Å²) in [6.45, 7) is 12.3. The van der Waals surface area contributed by atoms with Crippen molar-refractivity contribution in [2.24, 2.45) is 11.7 Å². The highest BCUT2D eigenvalue weighted by Gasteiger charge is 2.08. The first-order chi connectivity index (χ1) is 9.40. The van der Waals surface area contributed by atoms with Crippen molar-refractivity contribution in [1.82, 2.24) is 9.88 Å². The highest BCUT2D eigenvalue weighted by molar-refractivity contribution is 5.42. The minimum atomic E-state index is 0.690. The standard InChI is InChI=1S/C8H19N.C7H10N2.H4N2/c1-6-9(7(2)3)8(4)5;1-9(2)7-3-5-8-6-4-7;1-2/h7-8H,6H2,1-5H3;3-6H,1-2H3;1-2H2. The van der Waals surface area contributed by atoms with Gasteiger partial charge in [-0.25, -0.2) is 0 Å². The summed E-state index contributed by atoms with van der Waals surface area (Å²) in [6, 6.07) is 5.32. The molecule has 1 rings (SSSR count). The summed E-state index contributed by atoms with van der Waals surface area (Å²) < 4.78 is 0. The molecule has 118 valence electrons. The molecule has 0 aliphatic rings. The minimum Gasteiger partial charge on any atom is -0.378 e. The van der Waals surface area contributed by atoms with Crippen LogP contribution in [-0.4, -0.2) is 42.6 Å².